The Kier molecular flexibility index (Phi) is 16.5. The highest BCUT2D eigenvalue weighted by molar-refractivity contribution is 5.96. The van der Waals surface area contributed by atoms with Crippen molar-refractivity contribution in [3.8, 4) is 34.7 Å². The molecule has 2 aromatic carbocycles. The van der Waals surface area contributed by atoms with Gasteiger partial charge in [0.2, 0.25) is 11.8 Å². The maximum atomic E-state index is 13.9. The molecule has 0 spiro atoms. The first-order valence-corrected chi connectivity index (χ1v) is 21.2. The molecule has 372 valence electrons. The first-order chi connectivity index (χ1) is 33.6. The fourth-order valence-electron chi connectivity index (χ4n) is 7.53. The average Bonchev–Trinajstić information content (AvgIpc) is 4.00. The number of hydrogen-bond donors (Lipinski definition) is 2. The first-order valence-electron chi connectivity index (χ1n) is 21.2. The van der Waals surface area contributed by atoms with Crippen LogP contribution in [0.25, 0.3) is 22.5 Å². The summed E-state index contributed by atoms with van der Waals surface area (Å²) in [6.07, 6.45) is -12.3. The molecule has 0 atom stereocenters. The minimum absolute atomic E-state index is 0.0154. The van der Waals surface area contributed by atoms with Gasteiger partial charge in [0.25, 0.3) is 18.8 Å². The number of carboxylic acids is 1. The van der Waals surface area contributed by atoms with Crippen molar-refractivity contribution in [2.45, 2.75) is 76.6 Å². The van der Waals surface area contributed by atoms with Crippen LogP contribution in [-0.4, -0.2) is 78.3 Å². The number of nitrogens with one attached hydrogen (secondary N) is 1. The van der Waals surface area contributed by atoms with E-state index < -0.39 is 70.7 Å². The summed E-state index contributed by atoms with van der Waals surface area (Å²) in [6, 6.07) is 12.2. The number of pyridine rings is 2. The summed E-state index contributed by atoms with van der Waals surface area (Å²) in [5.41, 5.74) is -6.07. The van der Waals surface area contributed by atoms with Gasteiger partial charge in [0.1, 0.15) is 23.5 Å². The van der Waals surface area contributed by atoms with Crippen molar-refractivity contribution in [1.82, 2.24) is 40.5 Å². The van der Waals surface area contributed by atoms with Crippen molar-refractivity contribution >= 4 is 11.9 Å². The normalized spacial score (nSPS) is 14.5. The maximum Gasteiger partial charge on any atom is 0.416 e. The number of aromatic carboxylic acids is 1. The largest absolute Gasteiger partial charge is 0.478 e. The quantitative estimate of drug-likeness (QED) is 0.136. The SMILES string of the molecule is Cc1nc(C2CCN(C(=O)c3cc(C#N)c(-c4ccc(C(F)(F)F)cc4)nc3C(F)F)CC2)no1.Cc1nc(C2CCNCC2)no1.N#Cc1cc(C(=O)O)c(C(F)F)nc1-c1ccc(C(F)(F)F)cc1. The maximum absolute atomic E-state index is 13.9. The van der Waals surface area contributed by atoms with Crippen molar-refractivity contribution in [1.29, 1.82) is 10.5 Å². The highest BCUT2D eigenvalue weighted by Crippen LogP contribution is 2.36. The van der Waals surface area contributed by atoms with Gasteiger partial charge >= 0.3 is 18.3 Å². The van der Waals surface area contributed by atoms with Crippen LogP contribution in [0.4, 0.5) is 43.9 Å². The topological polar surface area (TPSA) is 221 Å². The third kappa shape index (κ3) is 12.9. The standard InChI is InChI=1S/C23H18F5N5O2.C15H7F5N2O2.C8H13N3O/c1-12-30-21(32-35-12)14-6-8-33(9-7-14)22(34)17-10-15(11-29)18(31-19(17)20(24)25)13-2-4-16(5-3-13)23(26,27)28;16-13(17)12-10(14(23)24)5-8(6-21)11(22-12)7-1-3-9(4-2-7)15(18,19)20;1-6-10-8(11-12-6)7-2-4-9-5-3-7/h2-5,10,14,20H,6-9H2,1H3;1-5,13H,(H,23,24);7,9H,2-5H2,1H3. The van der Waals surface area contributed by atoms with Crippen molar-refractivity contribution < 1.29 is 67.6 Å². The Balaban J connectivity index is 0.000000196. The second-order valence-electron chi connectivity index (χ2n) is 15.8. The van der Waals surface area contributed by atoms with Gasteiger partial charge in [-0.2, -0.15) is 46.8 Å². The molecule has 6 heterocycles. The molecule has 0 aliphatic carbocycles. The number of carbonyl (C=O) groups is 2. The monoisotopic (exact) mass is 1000 g/mol. The molecule has 2 fully saturated rings. The number of piperidine rings is 2. The van der Waals surface area contributed by atoms with Crippen LogP contribution in [0.3, 0.4) is 0 Å². The van der Waals surface area contributed by atoms with Crippen LogP contribution in [0.15, 0.2) is 69.7 Å². The summed E-state index contributed by atoms with van der Waals surface area (Å²) in [4.78, 5) is 41.3. The van der Waals surface area contributed by atoms with Gasteiger partial charge in [0, 0.05) is 49.9 Å². The van der Waals surface area contributed by atoms with Crippen molar-refractivity contribution in [3.05, 3.63) is 129 Å². The Hall–Kier alpha value is -7.80. The molecule has 15 nitrogen and oxygen atoms in total. The van der Waals surface area contributed by atoms with E-state index in [4.69, 9.17) is 19.4 Å². The van der Waals surface area contributed by atoms with Gasteiger partial charge in [-0.1, -0.05) is 34.6 Å². The molecule has 0 bridgehead atoms. The number of benzene rings is 2. The molecule has 0 radical (unpaired) electrons. The summed E-state index contributed by atoms with van der Waals surface area (Å²) in [6.45, 7) is 6.13. The zero-order valence-corrected chi connectivity index (χ0v) is 37.1. The highest BCUT2D eigenvalue weighted by Gasteiger charge is 2.34. The number of nitriles is 2. The van der Waals surface area contributed by atoms with E-state index in [1.807, 2.05) is 6.92 Å². The van der Waals surface area contributed by atoms with E-state index in [1.165, 1.54) is 4.90 Å². The van der Waals surface area contributed by atoms with Crippen LogP contribution in [0.1, 0.15) is 128 Å². The second-order valence-corrected chi connectivity index (χ2v) is 15.8. The van der Waals surface area contributed by atoms with Gasteiger partial charge in [0.15, 0.2) is 11.6 Å². The Morgan fingerprint density at radius 2 is 1.06 bits per heavy atom. The third-order valence-electron chi connectivity index (χ3n) is 11.1. The lowest BCUT2D eigenvalue weighted by atomic mass is 9.95. The molecule has 0 saturated carbocycles. The van der Waals surface area contributed by atoms with E-state index in [0.29, 0.717) is 48.5 Å². The molecule has 2 saturated heterocycles. The summed E-state index contributed by atoms with van der Waals surface area (Å²) in [5, 5.41) is 38.6. The number of carbonyl (C=O) groups excluding carboxylic acids is 1. The van der Waals surface area contributed by atoms with Crippen LogP contribution >= 0.6 is 0 Å². The number of aryl methyl sites for hydroxylation is 2. The minimum Gasteiger partial charge on any atom is -0.478 e. The second kappa shape index (κ2) is 22.3. The van der Waals surface area contributed by atoms with Crippen molar-refractivity contribution in [2.24, 2.45) is 0 Å². The molecule has 2 aliphatic heterocycles. The number of hydrogen-bond acceptors (Lipinski definition) is 13. The van der Waals surface area contributed by atoms with Crippen LogP contribution in [0, 0.1) is 36.5 Å². The molecule has 71 heavy (non-hydrogen) atoms. The number of carboxylic acid groups (broad SMARTS) is 1. The first kappa shape index (κ1) is 52.6. The van der Waals surface area contributed by atoms with Crippen molar-refractivity contribution in [3.63, 3.8) is 0 Å². The Morgan fingerprint density at radius 1 is 0.662 bits per heavy atom. The molecular formula is C46H38F10N10O5. The van der Waals surface area contributed by atoms with Gasteiger partial charge in [-0.15, -0.1) is 0 Å². The van der Waals surface area contributed by atoms with Gasteiger partial charge < -0.3 is 24.4 Å². The molecule has 1 amide bonds. The number of alkyl halides is 10. The smallest absolute Gasteiger partial charge is 0.416 e. The molecule has 2 aliphatic rings. The number of likely N-dealkylation sites (tertiary alicyclic amines) is 1. The van der Waals surface area contributed by atoms with Gasteiger partial charge in [0.05, 0.1) is 44.8 Å². The number of rotatable bonds is 8. The summed E-state index contributed by atoms with van der Waals surface area (Å²) in [5.74, 6) is 0.571. The Bertz CT molecular complexity index is 2910. The van der Waals surface area contributed by atoms with Crippen LogP contribution < -0.4 is 5.32 Å². The summed E-state index contributed by atoms with van der Waals surface area (Å²) >= 11 is 0. The van der Waals surface area contributed by atoms with E-state index >= 15 is 0 Å². The number of aromatic nitrogens is 6. The molecule has 25 heteroatoms. The summed E-state index contributed by atoms with van der Waals surface area (Å²) < 4.78 is 140. The third-order valence-corrected chi connectivity index (χ3v) is 11.1. The fraction of sp³-hybridized carbons (Fsp3) is 0.348. The molecular weight excluding hydrogens is 963 g/mol. The zero-order chi connectivity index (χ0) is 51.8. The fourth-order valence-corrected chi connectivity index (χ4v) is 7.53. The van der Waals surface area contributed by atoms with Crippen LogP contribution in [-0.2, 0) is 12.4 Å². The highest BCUT2D eigenvalue weighted by atomic mass is 19.4. The van der Waals surface area contributed by atoms with E-state index in [1.54, 1.807) is 19.1 Å². The molecule has 6 aromatic rings. The number of halogens is 10. The van der Waals surface area contributed by atoms with Gasteiger partial charge in [-0.3, -0.25) is 4.79 Å². The molecule has 2 N–H and O–H groups in total. The minimum atomic E-state index is -4.58. The van der Waals surface area contributed by atoms with E-state index in [2.05, 4.69) is 35.6 Å². The van der Waals surface area contributed by atoms with Gasteiger partial charge in [-0.25, -0.2) is 32.3 Å². The Morgan fingerprint density at radius 3 is 1.41 bits per heavy atom. The van der Waals surface area contributed by atoms with Crippen LogP contribution in [0.5, 0.6) is 0 Å². The Labute approximate surface area is 396 Å². The number of amides is 1. The lowest BCUT2D eigenvalue weighted by molar-refractivity contribution is -0.138. The number of nitrogens with zero attached hydrogens (tertiary/aromatic N) is 9. The predicted molar refractivity (Wildman–Crippen MR) is 226 cm³/mol. The van der Waals surface area contributed by atoms with Crippen LogP contribution in [0.2, 0.25) is 0 Å². The van der Waals surface area contributed by atoms with Gasteiger partial charge in [-0.05, 0) is 75.2 Å². The average molecular weight is 1000 g/mol. The van der Waals surface area contributed by atoms with Crippen molar-refractivity contribution in [2.75, 3.05) is 26.2 Å². The zero-order valence-electron chi connectivity index (χ0n) is 37.1. The lowest BCUT2D eigenvalue weighted by Gasteiger charge is -2.31. The molecule has 8 rings (SSSR count). The molecule has 4 aromatic heterocycles. The van der Waals surface area contributed by atoms with E-state index in [9.17, 15) is 58.8 Å². The van der Waals surface area contributed by atoms with E-state index in [0.717, 1.165) is 80.3 Å². The lowest BCUT2D eigenvalue weighted by Crippen LogP contribution is -2.38. The summed E-state index contributed by atoms with van der Waals surface area (Å²) in [7, 11) is 0. The molecule has 0 unspecified atom stereocenters. The predicted octanol–water partition coefficient (Wildman–Crippen LogP) is 10.4. The van der Waals surface area contributed by atoms with E-state index in [-0.39, 0.29) is 52.6 Å².